The Kier molecular flexibility index (Phi) is 8.37. The summed E-state index contributed by atoms with van der Waals surface area (Å²) in [5.41, 5.74) is -0.611. The van der Waals surface area contributed by atoms with Crippen molar-refractivity contribution in [3.63, 3.8) is 0 Å². The third-order valence-electron chi connectivity index (χ3n) is 3.28. The molecule has 0 unspecified atom stereocenters. The van der Waals surface area contributed by atoms with Crippen molar-refractivity contribution in [1.82, 2.24) is 5.06 Å². The Morgan fingerprint density at radius 3 is 2.32 bits per heavy atom. The third-order valence-corrected chi connectivity index (χ3v) is 4.33. The van der Waals surface area contributed by atoms with Gasteiger partial charge in [-0.05, 0) is 40.5 Å². The first kappa shape index (κ1) is 21.4. The summed E-state index contributed by atoms with van der Waals surface area (Å²) in [4.78, 5) is 39.5. The Bertz CT molecular complexity index is 509. The second-order valence-electron chi connectivity index (χ2n) is 6.56. The predicted molar refractivity (Wildman–Crippen MR) is 93.4 cm³/mol. The highest BCUT2D eigenvalue weighted by Gasteiger charge is 2.27. The lowest BCUT2D eigenvalue weighted by Gasteiger charge is -2.31. The molecule has 0 aromatic heterocycles. The van der Waals surface area contributed by atoms with Crippen molar-refractivity contribution in [2.24, 2.45) is 5.92 Å². The lowest BCUT2D eigenvalue weighted by molar-refractivity contribution is -0.152. The number of hydrogen-bond donors (Lipinski definition) is 1. The maximum absolute atomic E-state index is 11.6. The Hall–Kier alpha value is -1.61. The first-order valence-electron chi connectivity index (χ1n) is 8.19. The van der Waals surface area contributed by atoms with Gasteiger partial charge in [0.05, 0.1) is 17.4 Å². The quantitative estimate of drug-likeness (QED) is 0.327. The maximum atomic E-state index is 11.6. The van der Waals surface area contributed by atoms with E-state index in [1.54, 1.807) is 27.7 Å². The lowest BCUT2D eigenvalue weighted by Crippen LogP contribution is -2.38. The number of hydrogen-bond acceptors (Lipinski definition) is 9. The monoisotopic (exact) mass is 374 g/mol. The van der Waals surface area contributed by atoms with Crippen LogP contribution in [0, 0.1) is 11.3 Å². The number of ether oxygens (including phenoxy) is 2. The van der Waals surface area contributed by atoms with Crippen molar-refractivity contribution in [3.05, 3.63) is 0 Å². The second-order valence-corrected chi connectivity index (χ2v) is 7.57. The smallest absolute Gasteiger partial charge is 0.460 e. The van der Waals surface area contributed by atoms with Crippen LogP contribution in [0.25, 0.3) is 0 Å². The van der Waals surface area contributed by atoms with Gasteiger partial charge in [0, 0.05) is 19.0 Å². The van der Waals surface area contributed by atoms with Crippen molar-refractivity contribution >= 4 is 34.7 Å². The molecule has 1 heterocycles. The minimum atomic E-state index is -0.858. The summed E-state index contributed by atoms with van der Waals surface area (Å²) in [6.45, 7) is 8.04. The van der Waals surface area contributed by atoms with Gasteiger partial charge in [0.25, 0.3) is 0 Å². The van der Waals surface area contributed by atoms with Gasteiger partial charge in [0.15, 0.2) is 0 Å². The van der Waals surface area contributed by atoms with Gasteiger partial charge >= 0.3 is 12.1 Å². The van der Waals surface area contributed by atoms with Gasteiger partial charge < -0.3 is 14.3 Å². The number of thioether (sulfide) groups is 1. The number of piperidine rings is 1. The second kappa shape index (κ2) is 9.76. The zero-order chi connectivity index (χ0) is 19.0. The highest BCUT2D eigenvalue weighted by atomic mass is 32.2. The van der Waals surface area contributed by atoms with Gasteiger partial charge in [0.1, 0.15) is 5.60 Å². The molecule has 1 aliphatic heterocycles. The molecule has 0 aromatic carbocycles. The topological polar surface area (TPSA) is 106 Å². The minimum Gasteiger partial charge on any atom is -0.460 e. The zero-order valence-electron chi connectivity index (χ0n) is 15.1. The van der Waals surface area contributed by atoms with E-state index in [0.717, 1.165) is 11.8 Å². The molecule has 1 saturated heterocycles. The van der Waals surface area contributed by atoms with E-state index in [9.17, 15) is 14.4 Å². The summed E-state index contributed by atoms with van der Waals surface area (Å²) >= 11 is 1.05. The molecule has 0 saturated carbocycles. The Morgan fingerprint density at radius 1 is 1.20 bits per heavy atom. The van der Waals surface area contributed by atoms with Gasteiger partial charge in [0.2, 0.25) is 5.78 Å². The molecule has 0 atom stereocenters. The molecule has 0 bridgehead atoms. The van der Waals surface area contributed by atoms with Gasteiger partial charge in [-0.15, -0.1) is 16.8 Å². The van der Waals surface area contributed by atoms with E-state index in [-0.39, 0.29) is 18.3 Å². The number of rotatable bonds is 6. The summed E-state index contributed by atoms with van der Waals surface area (Å²) in [6.07, 6.45) is 0.514. The first-order chi connectivity index (χ1) is 11.6. The number of carbonyl (C=O) groups is 3. The van der Waals surface area contributed by atoms with Crippen LogP contribution in [0.15, 0.2) is 0 Å². The average Bonchev–Trinajstić information content (AvgIpc) is 2.51. The number of nitrogens with zero attached hydrogens (tertiary/aromatic N) is 1. The molecule has 8 nitrogen and oxygen atoms in total. The van der Waals surface area contributed by atoms with Gasteiger partial charge in [-0.1, -0.05) is 0 Å². The first-order valence-corrected chi connectivity index (χ1v) is 9.18. The SMILES string of the molecule is CCOC(=O)C(=O)CSC(=N)C1CCN(OC(=O)OC(C)(C)C)CC1. The van der Waals surface area contributed by atoms with Gasteiger partial charge in [-0.3, -0.25) is 10.2 Å². The van der Waals surface area contributed by atoms with Crippen molar-refractivity contribution in [1.29, 1.82) is 5.41 Å². The summed E-state index contributed by atoms with van der Waals surface area (Å²) in [5, 5.41) is 9.93. The van der Waals surface area contributed by atoms with Crippen LogP contribution in [0.4, 0.5) is 4.79 Å². The Labute approximate surface area is 152 Å². The van der Waals surface area contributed by atoms with Gasteiger partial charge in [-0.2, -0.15) is 0 Å². The fourth-order valence-corrected chi connectivity index (χ4v) is 2.99. The molecule has 142 valence electrons. The minimum absolute atomic E-state index is 0.0153. The van der Waals surface area contributed by atoms with Gasteiger partial charge in [-0.25, -0.2) is 9.59 Å². The van der Waals surface area contributed by atoms with Crippen LogP contribution in [0.5, 0.6) is 0 Å². The standard InChI is InChI=1S/C16H26N2O6S/c1-5-22-14(20)12(19)10-25-13(17)11-6-8-18(9-7-11)24-15(21)23-16(2,3)4/h11,17H,5-10H2,1-4H3. The highest BCUT2D eigenvalue weighted by Crippen LogP contribution is 2.24. The maximum Gasteiger partial charge on any atom is 0.528 e. The number of esters is 1. The third kappa shape index (κ3) is 8.35. The van der Waals surface area contributed by atoms with E-state index in [4.69, 9.17) is 15.0 Å². The van der Waals surface area contributed by atoms with Crippen molar-refractivity contribution in [2.75, 3.05) is 25.4 Å². The number of Topliss-reactive ketones (excluding diaryl/α,β-unsaturated/α-hetero) is 1. The molecule has 0 aromatic rings. The number of carbonyl (C=O) groups excluding carboxylic acids is 3. The number of nitrogens with one attached hydrogen (secondary N) is 1. The van der Waals surface area contributed by atoms with E-state index in [2.05, 4.69) is 4.74 Å². The molecule has 25 heavy (non-hydrogen) atoms. The van der Waals surface area contributed by atoms with E-state index < -0.39 is 23.5 Å². The number of ketones is 1. The molecule has 1 fully saturated rings. The predicted octanol–water partition coefficient (Wildman–Crippen LogP) is 2.41. The van der Waals surface area contributed by atoms with Crippen LogP contribution in [-0.2, 0) is 23.9 Å². The fraction of sp³-hybridized carbons (Fsp3) is 0.750. The van der Waals surface area contributed by atoms with Crippen LogP contribution in [0.3, 0.4) is 0 Å². The Morgan fingerprint density at radius 2 is 1.80 bits per heavy atom. The van der Waals surface area contributed by atoms with E-state index in [1.807, 2.05) is 0 Å². The van der Waals surface area contributed by atoms with E-state index in [1.165, 1.54) is 5.06 Å². The molecule has 1 rings (SSSR count). The normalized spacial score (nSPS) is 16.2. The summed E-state index contributed by atoms with van der Waals surface area (Å²) < 4.78 is 9.72. The Balaban J connectivity index is 2.31. The molecule has 0 aliphatic carbocycles. The zero-order valence-corrected chi connectivity index (χ0v) is 15.9. The van der Waals surface area contributed by atoms with Crippen molar-refractivity contribution in [3.8, 4) is 0 Å². The van der Waals surface area contributed by atoms with Crippen LogP contribution >= 0.6 is 11.8 Å². The summed E-state index contributed by atoms with van der Waals surface area (Å²) in [6, 6.07) is 0. The highest BCUT2D eigenvalue weighted by molar-refractivity contribution is 8.14. The molecule has 0 spiro atoms. The van der Waals surface area contributed by atoms with Crippen LogP contribution < -0.4 is 0 Å². The molecule has 0 amide bonds. The summed E-state index contributed by atoms with van der Waals surface area (Å²) in [5.74, 6) is -1.60. The number of hydroxylamine groups is 2. The summed E-state index contributed by atoms with van der Waals surface area (Å²) in [7, 11) is 0. The largest absolute Gasteiger partial charge is 0.528 e. The lowest BCUT2D eigenvalue weighted by atomic mass is 9.99. The molecular formula is C16H26N2O6S. The molecule has 1 N–H and O–H groups in total. The van der Waals surface area contributed by atoms with Crippen LogP contribution in [0.1, 0.15) is 40.5 Å². The fourth-order valence-electron chi connectivity index (χ4n) is 2.11. The van der Waals surface area contributed by atoms with Crippen LogP contribution in [0.2, 0.25) is 0 Å². The molecular weight excluding hydrogens is 348 g/mol. The average molecular weight is 374 g/mol. The van der Waals surface area contributed by atoms with Crippen molar-refractivity contribution < 1.29 is 28.7 Å². The van der Waals surface area contributed by atoms with E-state index >= 15 is 0 Å². The van der Waals surface area contributed by atoms with Crippen molar-refractivity contribution in [2.45, 2.75) is 46.1 Å². The van der Waals surface area contributed by atoms with Crippen LogP contribution in [-0.4, -0.2) is 59.1 Å². The molecule has 1 aliphatic rings. The molecule has 9 heteroatoms. The molecule has 0 radical (unpaired) electrons. The van der Waals surface area contributed by atoms with E-state index in [0.29, 0.717) is 31.0 Å².